The second-order valence-electron chi connectivity index (χ2n) is 7.82. The van der Waals surface area contributed by atoms with Gasteiger partial charge >= 0.3 is 0 Å². The Morgan fingerprint density at radius 2 is 2.12 bits per heavy atom. The van der Waals surface area contributed by atoms with Crippen LogP contribution in [-0.4, -0.2) is 56.8 Å². The molecule has 2 aliphatic heterocycles. The van der Waals surface area contributed by atoms with Crippen molar-refractivity contribution in [3.8, 4) is 0 Å². The molecule has 1 amide bonds. The molecule has 5 rings (SSSR count). The Kier molecular flexibility index (Phi) is 3.27. The number of anilines is 1. The molecular weight excluding hydrogens is 316 g/mol. The number of hydrogen-bond acceptors (Lipinski definition) is 5. The van der Waals surface area contributed by atoms with E-state index < -0.39 is 0 Å². The first-order chi connectivity index (χ1) is 12.2. The maximum absolute atomic E-state index is 12.9. The molecule has 132 valence electrons. The molecule has 0 radical (unpaired) electrons. The summed E-state index contributed by atoms with van der Waals surface area (Å²) < 4.78 is 1.80. The van der Waals surface area contributed by atoms with Crippen LogP contribution in [0.5, 0.6) is 0 Å². The minimum Gasteiger partial charge on any atom is -0.367 e. The van der Waals surface area contributed by atoms with Crippen molar-refractivity contribution < 1.29 is 4.79 Å². The zero-order chi connectivity index (χ0) is 17.0. The molecule has 0 aromatic carbocycles. The number of fused-ring (bicyclic) bond motifs is 1. The monoisotopic (exact) mass is 340 g/mol. The molecule has 25 heavy (non-hydrogen) atoms. The number of amides is 1. The minimum absolute atomic E-state index is 0.199. The Morgan fingerprint density at radius 3 is 2.92 bits per heavy atom. The van der Waals surface area contributed by atoms with Gasteiger partial charge in [-0.25, -0.2) is 0 Å². The molecule has 7 nitrogen and oxygen atoms in total. The molecule has 1 atom stereocenters. The maximum Gasteiger partial charge on any atom is 0.230 e. The number of likely N-dealkylation sites (tertiary alicyclic amines) is 1. The first-order valence-corrected chi connectivity index (χ1v) is 9.45. The van der Waals surface area contributed by atoms with Crippen molar-refractivity contribution in [1.29, 1.82) is 0 Å². The molecule has 7 heteroatoms. The van der Waals surface area contributed by atoms with E-state index in [1.165, 1.54) is 12.8 Å². The van der Waals surface area contributed by atoms with Gasteiger partial charge in [-0.05, 0) is 38.2 Å². The van der Waals surface area contributed by atoms with Gasteiger partial charge in [-0.15, -0.1) is 10.2 Å². The third-order valence-corrected chi connectivity index (χ3v) is 6.05. The zero-order valence-corrected chi connectivity index (χ0v) is 14.7. The summed E-state index contributed by atoms with van der Waals surface area (Å²) in [5.41, 5.74) is 2.83. The quantitative estimate of drug-likeness (QED) is 0.850. The van der Waals surface area contributed by atoms with Gasteiger partial charge in [-0.2, -0.15) is 9.61 Å². The summed E-state index contributed by atoms with van der Waals surface area (Å²) in [5, 5.41) is 13.0. The zero-order valence-electron chi connectivity index (χ0n) is 14.7. The van der Waals surface area contributed by atoms with Gasteiger partial charge in [0.25, 0.3) is 0 Å². The summed E-state index contributed by atoms with van der Waals surface area (Å²) in [7, 11) is 0. The lowest BCUT2D eigenvalue weighted by Gasteiger charge is -2.24. The molecule has 2 saturated heterocycles. The Hall–Kier alpha value is -2.18. The van der Waals surface area contributed by atoms with Crippen LogP contribution in [0.4, 0.5) is 5.69 Å². The fourth-order valence-corrected chi connectivity index (χ4v) is 4.47. The van der Waals surface area contributed by atoms with Crippen LogP contribution in [0.1, 0.15) is 50.6 Å². The number of carbonyl (C=O) groups is 1. The van der Waals surface area contributed by atoms with Crippen molar-refractivity contribution in [3.05, 3.63) is 18.1 Å². The van der Waals surface area contributed by atoms with Gasteiger partial charge in [-0.3, -0.25) is 4.79 Å². The van der Waals surface area contributed by atoms with Gasteiger partial charge in [0.15, 0.2) is 0 Å². The molecule has 1 unspecified atom stereocenters. The Balaban J connectivity index is 1.46. The van der Waals surface area contributed by atoms with Gasteiger partial charge in [0.2, 0.25) is 11.6 Å². The Labute approximate surface area is 147 Å². The van der Waals surface area contributed by atoms with Crippen LogP contribution in [0.3, 0.4) is 0 Å². The number of carbonyl (C=O) groups excluding carboxylic acids is 1. The molecule has 2 aromatic heterocycles. The van der Waals surface area contributed by atoms with Crippen molar-refractivity contribution in [2.24, 2.45) is 5.41 Å². The Morgan fingerprint density at radius 1 is 1.28 bits per heavy atom. The highest BCUT2D eigenvalue weighted by Crippen LogP contribution is 2.44. The van der Waals surface area contributed by atoms with E-state index in [0.717, 1.165) is 62.5 Å². The minimum atomic E-state index is -0.199. The molecule has 1 aliphatic carbocycles. The fraction of sp³-hybridized carbons (Fsp3) is 0.667. The summed E-state index contributed by atoms with van der Waals surface area (Å²) in [6.07, 6.45) is 7.06. The molecular formula is C18H24N6O. The van der Waals surface area contributed by atoms with Crippen LogP contribution < -0.4 is 4.90 Å². The van der Waals surface area contributed by atoms with Crippen LogP contribution in [-0.2, 0) is 4.79 Å². The second-order valence-corrected chi connectivity index (χ2v) is 7.82. The van der Waals surface area contributed by atoms with Crippen molar-refractivity contribution >= 4 is 17.2 Å². The van der Waals surface area contributed by atoms with Crippen molar-refractivity contribution in [2.45, 2.75) is 44.9 Å². The molecule has 3 aliphatic rings. The van der Waals surface area contributed by atoms with Crippen LogP contribution in [0.2, 0.25) is 0 Å². The van der Waals surface area contributed by atoms with Crippen molar-refractivity contribution in [3.63, 3.8) is 0 Å². The van der Waals surface area contributed by atoms with Crippen LogP contribution >= 0.6 is 0 Å². The number of rotatable bonds is 4. The summed E-state index contributed by atoms with van der Waals surface area (Å²) >= 11 is 0. The largest absolute Gasteiger partial charge is 0.367 e. The smallest absolute Gasteiger partial charge is 0.230 e. The van der Waals surface area contributed by atoms with Gasteiger partial charge in [0.1, 0.15) is 6.33 Å². The molecule has 3 fully saturated rings. The normalized spacial score (nSPS) is 26.5. The lowest BCUT2D eigenvalue weighted by atomic mass is 9.85. The van der Waals surface area contributed by atoms with E-state index in [-0.39, 0.29) is 5.41 Å². The van der Waals surface area contributed by atoms with E-state index in [1.807, 2.05) is 0 Å². The molecule has 1 spiro atoms. The summed E-state index contributed by atoms with van der Waals surface area (Å²) in [6.45, 7) is 5.63. The van der Waals surface area contributed by atoms with Crippen LogP contribution in [0, 0.1) is 5.41 Å². The maximum atomic E-state index is 12.9. The number of aromatic nitrogens is 4. The SMILES string of the molecule is CCCN1CCC2(CCN(c3cc(C4CC4)nn4cnnc34)C2)C1=O. The highest BCUT2D eigenvalue weighted by atomic mass is 16.2. The molecule has 2 aromatic rings. The van der Waals surface area contributed by atoms with Gasteiger partial charge in [-0.1, -0.05) is 6.92 Å². The van der Waals surface area contributed by atoms with Crippen LogP contribution in [0.15, 0.2) is 12.4 Å². The predicted molar refractivity (Wildman–Crippen MR) is 93.5 cm³/mol. The van der Waals surface area contributed by atoms with Gasteiger partial charge in [0.05, 0.1) is 16.8 Å². The van der Waals surface area contributed by atoms with Crippen molar-refractivity contribution in [2.75, 3.05) is 31.1 Å². The first-order valence-electron chi connectivity index (χ1n) is 9.45. The Bertz CT molecular complexity index is 828. The topological polar surface area (TPSA) is 66.6 Å². The van der Waals surface area contributed by atoms with E-state index in [0.29, 0.717) is 11.8 Å². The fourth-order valence-electron chi connectivity index (χ4n) is 4.47. The average molecular weight is 340 g/mol. The summed E-state index contributed by atoms with van der Waals surface area (Å²) in [6, 6.07) is 2.18. The number of nitrogens with zero attached hydrogens (tertiary/aromatic N) is 6. The molecule has 0 bridgehead atoms. The van der Waals surface area contributed by atoms with E-state index >= 15 is 0 Å². The highest BCUT2D eigenvalue weighted by Gasteiger charge is 2.50. The summed E-state index contributed by atoms with van der Waals surface area (Å²) in [5.74, 6) is 0.932. The standard InChI is InChI=1S/C18H24N6O/c1-2-7-22-8-5-18(17(22)25)6-9-23(11-18)15-10-14(13-3-4-13)21-24-12-19-20-16(15)24/h10,12-13H,2-9,11H2,1H3. The van der Waals surface area contributed by atoms with E-state index in [2.05, 4.69) is 38.1 Å². The van der Waals surface area contributed by atoms with E-state index in [4.69, 9.17) is 0 Å². The van der Waals surface area contributed by atoms with E-state index in [9.17, 15) is 4.79 Å². The first kappa shape index (κ1) is 15.1. The molecule has 1 saturated carbocycles. The van der Waals surface area contributed by atoms with Gasteiger partial charge < -0.3 is 9.80 Å². The second kappa shape index (κ2) is 5.41. The lowest BCUT2D eigenvalue weighted by molar-refractivity contribution is -0.135. The van der Waals surface area contributed by atoms with Gasteiger partial charge in [0, 0.05) is 32.1 Å². The molecule has 4 heterocycles. The predicted octanol–water partition coefficient (Wildman–Crippen LogP) is 1.84. The average Bonchev–Trinajstić information content (AvgIpc) is 3.09. The lowest BCUT2D eigenvalue weighted by Crippen LogP contribution is -2.37. The molecule has 0 N–H and O–H groups in total. The third kappa shape index (κ3) is 2.32. The van der Waals surface area contributed by atoms with Crippen LogP contribution in [0.25, 0.3) is 5.65 Å². The summed E-state index contributed by atoms with van der Waals surface area (Å²) in [4.78, 5) is 17.3. The van der Waals surface area contributed by atoms with E-state index in [1.54, 1.807) is 10.8 Å². The number of hydrogen-bond donors (Lipinski definition) is 0. The third-order valence-electron chi connectivity index (χ3n) is 6.05. The highest BCUT2D eigenvalue weighted by molar-refractivity contribution is 5.87. The van der Waals surface area contributed by atoms with Crippen molar-refractivity contribution in [1.82, 2.24) is 24.7 Å².